The molecule has 1 aromatic heterocycles. The number of nitrogens with zero attached hydrogens (tertiary/aromatic N) is 3. The third-order valence-corrected chi connectivity index (χ3v) is 6.11. The quantitative estimate of drug-likeness (QED) is 0.227. The molecule has 174 valence electrons. The lowest BCUT2D eigenvalue weighted by Gasteiger charge is -2.13. The minimum Gasteiger partial charge on any atom is -0.490 e. The number of rotatable bonds is 8. The zero-order valence-electron chi connectivity index (χ0n) is 18.8. The Bertz CT molecular complexity index is 1400. The molecule has 8 heteroatoms. The molecule has 0 radical (unpaired) electrons. The molecule has 6 nitrogen and oxygen atoms in total. The lowest BCUT2D eigenvalue weighted by atomic mass is 10.2. The van der Waals surface area contributed by atoms with Gasteiger partial charge in [0, 0.05) is 15.4 Å². The van der Waals surface area contributed by atoms with E-state index in [9.17, 15) is 4.79 Å². The van der Waals surface area contributed by atoms with Crippen LogP contribution in [-0.4, -0.2) is 22.5 Å². The van der Waals surface area contributed by atoms with E-state index in [1.54, 1.807) is 12.3 Å². The van der Waals surface area contributed by atoms with Crippen molar-refractivity contribution < 1.29 is 9.47 Å². The molecule has 0 aliphatic carbocycles. The maximum atomic E-state index is 13.1. The van der Waals surface area contributed by atoms with Gasteiger partial charge < -0.3 is 9.47 Å². The van der Waals surface area contributed by atoms with Crippen LogP contribution in [0.5, 0.6) is 11.5 Å². The number of aryl methyl sites for hydroxylation is 1. The zero-order chi connectivity index (χ0) is 24.1. The molecule has 0 bridgehead atoms. The highest BCUT2D eigenvalue weighted by molar-refractivity contribution is 9.10. The molecule has 0 fully saturated rings. The molecule has 3 aromatic carbocycles. The van der Waals surface area contributed by atoms with Gasteiger partial charge in [-0.25, -0.2) is 4.98 Å². The first-order valence-electron chi connectivity index (χ1n) is 10.9. The number of hydrogen-bond acceptors (Lipinski definition) is 5. The molecule has 0 saturated carbocycles. The monoisotopic (exact) mass is 583 g/mol. The number of benzene rings is 3. The van der Waals surface area contributed by atoms with E-state index in [0.717, 1.165) is 20.1 Å². The molecule has 4 rings (SSSR count). The van der Waals surface area contributed by atoms with Crippen LogP contribution in [0, 0.1) is 0 Å². The summed E-state index contributed by atoms with van der Waals surface area (Å²) in [5, 5.41) is 4.97. The van der Waals surface area contributed by atoms with Gasteiger partial charge in [-0.15, -0.1) is 0 Å². The van der Waals surface area contributed by atoms with E-state index in [4.69, 9.17) is 9.47 Å². The molecule has 0 aliphatic heterocycles. The molecule has 4 aromatic rings. The molecule has 0 saturated heterocycles. The van der Waals surface area contributed by atoms with Gasteiger partial charge >= 0.3 is 0 Å². The maximum absolute atomic E-state index is 13.1. The summed E-state index contributed by atoms with van der Waals surface area (Å²) in [6.45, 7) is 4.79. The van der Waals surface area contributed by atoms with Crippen molar-refractivity contribution in [2.45, 2.75) is 26.9 Å². The summed E-state index contributed by atoms with van der Waals surface area (Å²) >= 11 is 6.86. The van der Waals surface area contributed by atoms with Crippen molar-refractivity contribution in [1.82, 2.24) is 9.66 Å². The summed E-state index contributed by atoms with van der Waals surface area (Å²) in [5.41, 5.74) is 2.28. The third-order valence-electron chi connectivity index (χ3n) is 5.09. The van der Waals surface area contributed by atoms with Crippen LogP contribution >= 0.6 is 31.9 Å². The molecule has 0 spiro atoms. The van der Waals surface area contributed by atoms with Gasteiger partial charge in [0.2, 0.25) is 0 Å². The maximum Gasteiger partial charge on any atom is 0.282 e. The van der Waals surface area contributed by atoms with Gasteiger partial charge in [0.15, 0.2) is 11.5 Å². The van der Waals surface area contributed by atoms with Crippen LogP contribution in [-0.2, 0) is 13.0 Å². The van der Waals surface area contributed by atoms with E-state index in [0.29, 0.717) is 47.9 Å². The Hall–Kier alpha value is -2.97. The molecule has 0 unspecified atom stereocenters. The summed E-state index contributed by atoms with van der Waals surface area (Å²) in [7, 11) is 0. The molecular weight excluding hydrogens is 562 g/mol. The van der Waals surface area contributed by atoms with Crippen LogP contribution < -0.4 is 15.0 Å². The molecule has 0 atom stereocenters. The number of hydrogen-bond donors (Lipinski definition) is 0. The average molecular weight is 585 g/mol. The second kappa shape index (κ2) is 11.0. The highest BCUT2D eigenvalue weighted by Gasteiger charge is 2.11. The second-order valence-electron chi connectivity index (χ2n) is 7.46. The van der Waals surface area contributed by atoms with Crippen molar-refractivity contribution in [2.24, 2.45) is 5.10 Å². The van der Waals surface area contributed by atoms with Crippen LogP contribution in [0.3, 0.4) is 0 Å². The van der Waals surface area contributed by atoms with Crippen LogP contribution in [0.4, 0.5) is 0 Å². The molecule has 1 heterocycles. The van der Waals surface area contributed by atoms with Crippen molar-refractivity contribution in [3.05, 3.63) is 96.9 Å². The number of halogens is 2. The van der Waals surface area contributed by atoms with Crippen molar-refractivity contribution in [2.75, 3.05) is 6.61 Å². The summed E-state index contributed by atoms with van der Waals surface area (Å²) in [6.07, 6.45) is 2.21. The molecular formula is C26H23Br2N3O3. The summed E-state index contributed by atoms with van der Waals surface area (Å²) < 4.78 is 15.0. The molecule has 0 N–H and O–H groups in total. The van der Waals surface area contributed by atoms with Crippen molar-refractivity contribution in [1.29, 1.82) is 0 Å². The van der Waals surface area contributed by atoms with Crippen molar-refractivity contribution in [3.63, 3.8) is 0 Å². The lowest BCUT2D eigenvalue weighted by Crippen LogP contribution is -2.22. The predicted octanol–water partition coefficient (Wildman–Crippen LogP) is 6.34. The van der Waals surface area contributed by atoms with Gasteiger partial charge in [-0.3, -0.25) is 4.79 Å². The summed E-state index contributed by atoms with van der Waals surface area (Å²) in [4.78, 5) is 17.7. The fourth-order valence-electron chi connectivity index (χ4n) is 3.40. The predicted molar refractivity (Wildman–Crippen MR) is 142 cm³/mol. The van der Waals surface area contributed by atoms with E-state index in [1.807, 2.05) is 68.4 Å². The molecule has 0 aliphatic rings. The Morgan fingerprint density at radius 1 is 0.941 bits per heavy atom. The van der Waals surface area contributed by atoms with E-state index < -0.39 is 0 Å². The fourth-order valence-corrected chi connectivity index (χ4v) is 4.03. The average Bonchev–Trinajstić information content (AvgIpc) is 2.84. The van der Waals surface area contributed by atoms with Gasteiger partial charge in [-0.2, -0.15) is 9.78 Å². The Morgan fingerprint density at radius 2 is 1.71 bits per heavy atom. The summed E-state index contributed by atoms with van der Waals surface area (Å²) in [6, 6.07) is 19.0. The normalized spacial score (nSPS) is 11.3. The smallest absolute Gasteiger partial charge is 0.282 e. The van der Waals surface area contributed by atoms with E-state index >= 15 is 0 Å². The molecule has 34 heavy (non-hydrogen) atoms. The first-order chi connectivity index (χ1) is 16.5. The number of ether oxygens (including phenoxy) is 2. The standard InChI is InChI=1S/C26H23Br2N3O3/c1-3-25-30-22-11-10-20(28)14-21(22)26(32)31(25)29-15-18-7-12-23(24(13-18)33-4-2)34-16-17-5-8-19(27)9-6-17/h5-15H,3-4,16H2,1-2H3. The second-order valence-corrected chi connectivity index (χ2v) is 9.29. The first-order valence-corrected chi connectivity index (χ1v) is 12.5. The van der Waals surface area contributed by atoms with Crippen LogP contribution in [0.1, 0.15) is 30.8 Å². The largest absolute Gasteiger partial charge is 0.490 e. The van der Waals surface area contributed by atoms with Gasteiger partial charge in [-0.05, 0) is 66.6 Å². The van der Waals surface area contributed by atoms with Crippen molar-refractivity contribution >= 4 is 49.0 Å². The Morgan fingerprint density at radius 3 is 2.44 bits per heavy atom. The summed E-state index contributed by atoms with van der Waals surface area (Å²) in [5.74, 6) is 1.85. The van der Waals surface area contributed by atoms with Gasteiger partial charge in [0.1, 0.15) is 12.4 Å². The van der Waals surface area contributed by atoms with Crippen LogP contribution in [0.2, 0.25) is 0 Å². The van der Waals surface area contributed by atoms with E-state index in [1.165, 1.54) is 4.68 Å². The number of fused-ring (bicyclic) bond motifs is 1. The Labute approximate surface area is 214 Å². The van der Waals surface area contributed by atoms with Crippen LogP contribution in [0.25, 0.3) is 10.9 Å². The highest BCUT2D eigenvalue weighted by atomic mass is 79.9. The third kappa shape index (κ3) is 5.56. The SMILES string of the molecule is CCOc1cc(C=Nn2c(CC)nc3ccc(Br)cc3c2=O)ccc1OCc1ccc(Br)cc1. The zero-order valence-corrected chi connectivity index (χ0v) is 22.0. The van der Waals surface area contributed by atoms with Gasteiger partial charge in [0.25, 0.3) is 5.56 Å². The van der Waals surface area contributed by atoms with Gasteiger partial charge in [-0.1, -0.05) is 50.9 Å². The first kappa shape index (κ1) is 24.2. The Balaban J connectivity index is 1.62. The van der Waals surface area contributed by atoms with Crippen LogP contribution in [0.15, 0.2) is 79.5 Å². The number of aromatic nitrogens is 2. The topological polar surface area (TPSA) is 65.7 Å². The molecule has 0 amide bonds. The highest BCUT2D eigenvalue weighted by Crippen LogP contribution is 2.29. The van der Waals surface area contributed by atoms with Crippen molar-refractivity contribution in [3.8, 4) is 11.5 Å². The minimum absolute atomic E-state index is 0.209. The minimum atomic E-state index is -0.209. The Kier molecular flexibility index (Phi) is 7.80. The van der Waals surface area contributed by atoms with E-state index in [2.05, 4.69) is 41.9 Å². The van der Waals surface area contributed by atoms with Gasteiger partial charge in [0.05, 0.1) is 23.7 Å². The lowest BCUT2D eigenvalue weighted by molar-refractivity contribution is 0.269. The fraction of sp³-hybridized carbons (Fsp3) is 0.192. The van der Waals surface area contributed by atoms with E-state index in [-0.39, 0.29) is 5.56 Å².